The molecule has 1 fully saturated rings. The second kappa shape index (κ2) is 11.4. The van der Waals surface area contributed by atoms with Gasteiger partial charge in [0.15, 0.2) is 6.61 Å². The molecule has 3 aromatic carbocycles. The molecule has 0 atom stereocenters. The summed E-state index contributed by atoms with van der Waals surface area (Å²) in [5.41, 5.74) is 3.43. The van der Waals surface area contributed by atoms with Gasteiger partial charge < -0.3 is 14.8 Å². The zero-order valence-electron chi connectivity index (χ0n) is 21.2. The Morgan fingerprint density at radius 1 is 0.921 bits per heavy atom. The Kier molecular flexibility index (Phi) is 7.86. The van der Waals surface area contributed by atoms with Gasteiger partial charge in [0, 0.05) is 5.69 Å². The Morgan fingerprint density at radius 2 is 1.58 bits per heavy atom. The van der Waals surface area contributed by atoms with Gasteiger partial charge in [-0.25, -0.2) is 9.69 Å². The average Bonchev–Trinajstić information content (AvgIpc) is 2.89. The standard InChI is InChI=1S/C29H27N3O6/c1-4-37-22-12-8-21(9-13-22)32-28(35)24(27(34)31-29(32)36)16-20-6-10-23(11-7-20)38-17-26(33)30-25-14-5-18(2)15-19(25)3/h5-16H,4,17H2,1-3H3,(H,30,33)(H,31,34,36)/b24-16+. The van der Waals surface area contributed by atoms with Crippen LogP contribution in [0.4, 0.5) is 16.2 Å². The van der Waals surface area contributed by atoms with Gasteiger partial charge in [0.1, 0.15) is 17.1 Å². The van der Waals surface area contributed by atoms with Gasteiger partial charge in [-0.1, -0.05) is 29.8 Å². The molecule has 0 aliphatic carbocycles. The van der Waals surface area contributed by atoms with Gasteiger partial charge in [-0.2, -0.15) is 0 Å². The number of aryl methyl sites for hydroxylation is 2. The lowest BCUT2D eigenvalue weighted by molar-refractivity contribution is -0.122. The van der Waals surface area contributed by atoms with Gasteiger partial charge >= 0.3 is 6.03 Å². The van der Waals surface area contributed by atoms with E-state index in [0.717, 1.165) is 21.7 Å². The minimum absolute atomic E-state index is 0.187. The van der Waals surface area contributed by atoms with Crippen LogP contribution >= 0.6 is 0 Å². The van der Waals surface area contributed by atoms with E-state index in [-0.39, 0.29) is 18.1 Å². The van der Waals surface area contributed by atoms with Crippen LogP contribution in [0.1, 0.15) is 23.6 Å². The van der Waals surface area contributed by atoms with E-state index in [2.05, 4.69) is 10.6 Å². The smallest absolute Gasteiger partial charge is 0.335 e. The van der Waals surface area contributed by atoms with Crippen LogP contribution in [-0.4, -0.2) is 37.0 Å². The summed E-state index contributed by atoms with van der Waals surface area (Å²) in [6.07, 6.45) is 1.39. The van der Waals surface area contributed by atoms with Crippen LogP contribution in [0.15, 0.2) is 72.3 Å². The van der Waals surface area contributed by atoms with Gasteiger partial charge in [0.05, 0.1) is 12.3 Å². The maximum absolute atomic E-state index is 13.1. The number of nitrogens with zero attached hydrogens (tertiary/aromatic N) is 1. The van der Waals surface area contributed by atoms with Crippen LogP contribution in [0.3, 0.4) is 0 Å². The topological polar surface area (TPSA) is 114 Å². The highest BCUT2D eigenvalue weighted by molar-refractivity contribution is 6.39. The maximum atomic E-state index is 13.1. The number of urea groups is 1. The molecule has 0 saturated carbocycles. The summed E-state index contributed by atoms with van der Waals surface area (Å²) in [7, 11) is 0. The summed E-state index contributed by atoms with van der Waals surface area (Å²) in [6, 6.07) is 17.9. The van der Waals surface area contributed by atoms with Crippen LogP contribution in [0, 0.1) is 13.8 Å². The molecule has 9 nitrogen and oxygen atoms in total. The number of amides is 5. The number of rotatable bonds is 8. The molecule has 9 heteroatoms. The third kappa shape index (κ3) is 6.07. The molecule has 1 aliphatic rings. The summed E-state index contributed by atoms with van der Waals surface area (Å²) in [5, 5.41) is 5.02. The van der Waals surface area contributed by atoms with Crippen molar-refractivity contribution in [2.75, 3.05) is 23.4 Å². The first kappa shape index (κ1) is 26.2. The molecule has 5 amide bonds. The van der Waals surface area contributed by atoms with Crippen molar-refractivity contribution in [3.05, 3.63) is 89.0 Å². The fraction of sp³-hybridized carbons (Fsp3) is 0.172. The molecule has 0 radical (unpaired) electrons. The van der Waals surface area contributed by atoms with E-state index in [1.54, 1.807) is 48.5 Å². The number of benzene rings is 3. The third-order valence-corrected chi connectivity index (χ3v) is 5.72. The average molecular weight is 514 g/mol. The van der Waals surface area contributed by atoms with Crippen molar-refractivity contribution >= 4 is 41.2 Å². The Bertz CT molecular complexity index is 1410. The molecule has 4 rings (SSSR count). The van der Waals surface area contributed by atoms with Gasteiger partial charge in [-0.3, -0.25) is 19.7 Å². The van der Waals surface area contributed by atoms with E-state index < -0.39 is 17.8 Å². The fourth-order valence-electron chi connectivity index (χ4n) is 3.87. The first-order valence-corrected chi connectivity index (χ1v) is 12.0. The summed E-state index contributed by atoms with van der Waals surface area (Å²) >= 11 is 0. The number of anilines is 2. The van der Waals surface area contributed by atoms with Gasteiger partial charge in [0.2, 0.25) is 0 Å². The molecule has 3 aromatic rings. The number of barbiturate groups is 1. The van der Waals surface area contributed by atoms with E-state index in [1.807, 2.05) is 39.0 Å². The van der Waals surface area contributed by atoms with E-state index in [0.29, 0.717) is 29.4 Å². The highest BCUT2D eigenvalue weighted by Crippen LogP contribution is 2.25. The van der Waals surface area contributed by atoms with Crippen molar-refractivity contribution in [1.82, 2.24) is 5.32 Å². The SMILES string of the molecule is CCOc1ccc(N2C(=O)NC(=O)/C(=C\c3ccc(OCC(=O)Nc4ccc(C)cc4C)cc3)C2=O)cc1. The summed E-state index contributed by atoms with van der Waals surface area (Å²) < 4.78 is 11.0. The second-order valence-electron chi connectivity index (χ2n) is 8.61. The largest absolute Gasteiger partial charge is 0.494 e. The zero-order chi connectivity index (χ0) is 27.2. The fourth-order valence-corrected chi connectivity index (χ4v) is 3.87. The third-order valence-electron chi connectivity index (χ3n) is 5.72. The van der Waals surface area contributed by atoms with E-state index in [1.165, 1.54) is 6.08 Å². The molecule has 1 heterocycles. The Labute approximate surface area is 220 Å². The number of ether oxygens (including phenoxy) is 2. The van der Waals surface area contributed by atoms with Crippen LogP contribution in [-0.2, 0) is 14.4 Å². The summed E-state index contributed by atoms with van der Waals surface area (Å²) in [6.45, 7) is 6.04. The first-order valence-electron chi connectivity index (χ1n) is 12.0. The molecule has 1 saturated heterocycles. The lowest BCUT2D eigenvalue weighted by Crippen LogP contribution is -2.54. The Morgan fingerprint density at radius 3 is 2.24 bits per heavy atom. The van der Waals surface area contributed by atoms with Gasteiger partial charge in [-0.05, 0) is 80.4 Å². The van der Waals surface area contributed by atoms with Crippen molar-refractivity contribution in [2.45, 2.75) is 20.8 Å². The minimum Gasteiger partial charge on any atom is -0.494 e. The van der Waals surface area contributed by atoms with E-state index in [9.17, 15) is 19.2 Å². The summed E-state index contributed by atoms with van der Waals surface area (Å²) in [4.78, 5) is 51.1. The van der Waals surface area contributed by atoms with Crippen molar-refractivity contribution in [3.63, 3.8) is 0 Å². The van der Waals surface area contributed by atoms with E-state index >= 15 is 0 Å². The Balaban J connectivity index is 1.42. The van der Waals surface area contributed by atoms with Crippen molar-refractivity contribution in [2.24, 2.45) is 0 Å². The molecule has 0 spiro atoms. The maximum Gasteiger partial charge on any atom is 0.335 e. The second-order valence-corrected chi connectivity index (χ2v) is 8.61. The highest BCUT2D eigenvalue weighted by atomic mass is 16.5. The van der Waals surface area contributed by atoms with Crippen LogP contribution in [0.5, 0.6) is 11.5 Å². The lowest BCUT2D eigenvalue weighted by atomic mass is 10.1. The Hall–Kier alpha value is -4.92. The molecular formula is C29H27N3O6. The quantitative estimate of drug-likeness (QED) is 0.341. The lowest BCUT2D eigenvalue weighted by Gasteiger charge is -2.26. The minimum atomic E-state index is -0.829. The number of nitrogens with one attached hydrogen (secondary N) is 2. The highest BCUT2D eigenvalue weighted by Gasteiger charge is 2.36. The summed E-state index contributed by atoms with van der Waals surface area (Å²) in [5.74, 6) is -0.796. The molecular weight excluding hydrogens is 486 g/mol. The molecule has 38 heavy (non-hydrogen) atoms. The predicted molar refractivity (Wildman–Crippen MR) is 143 cm³/mol. The molecule has 2 N–H and O–H groups in total. The number of hydrogen-bond acceptors (Lipinski definition) is 6. The van der Waals surface area contributed by atoms with Crippen molar-refractivity contribution in [1.29, 1.82) is 0 Å². The first-order chi connectivity index (χ1) is 18.2. The number of carbonyl (C=O) groups excluding carboxylic acids is 4. The van der Waals surface area contributed by atoms with Crippen LogP contribution < -0.4 is 25.0 Å². The number of imide groups is 2. The molecule has 0 unspecified atom stereocenters. The molecule has 0 bridgehead atoms. The molecule has 0 aromatic heterocycles. The van der Waals surface area contributed by atoms with E-state index in [4.69, 9.17) is 9.47 Å². The van der Waals surface area contributed by atoms with Crippen molar-refractivity contribution in [3.8, 4) is 11.5 Å². The predicted octanol–water partition coefficient (Wildman–Crippen LogP) is 4.39. The molecule has 194 valence electrons. The van der Waals surface area contributed by atoms with Gasteiger partial charge in [-0.15, -0.1) is 0 Å². The van der Waals surface area contributed by atoms with Crippen LogP contribution in [0.2, 0.25) is 0 Å². The van der Waals surface area contributed by atoms with Crippen molar-refractivity contribution < 1.29 is 28.7 Å². The van der Waals surface area contributed by atoms with Gasteiger partial charge in [0.25, 0.3) is 17.7 Å². The number of hydrogen-bond donors (Lipinski definition) is 2. The molecule has 1 aliphatic heterocycles. The normalized spacial score (nSPS) is 14.3. The number of carbonyl (C=O) groups is 4. The zero-order valence-corrected chi connectivity index (χ0v) is 21.2. The monoisotopic (exact) mass is 513 g/mol. The van der Waals surface area contributed by atoms with Crippen LogP contribution in [0.25, 0.3) is 6.08 Å².